The summed E-state index contributed by atoms with van der Waals surface area (Å²) < 4.78 is 2.04. The number of aromatic nitrogens is 2. The lowest BCUT2D eigenvalue weighted by atomic mass is 10.2. The fraction of sp³-hybridized carbons (Fsp3) is 0.474. The molecule has 0 saturated carbocycles. The van der Waals surface area contributed by atoms with Crippen molar-refractivity contribution in [2.24, 2.45) is 7.05 Å². The molecule has 134 valence electrons. The van der Waals surface area contributed by atoms with Crippen molar-refractivity contribution in [3.63, 3.8) is 0 Å². The largest absolute Gasteiger partial charge is 0.365 e. The quantitative estimate of drug-likeness (QED) is 0.926. The summed E-state index contributed by atoms with van der Waals surface area (Å²) in [6.07, 6.45) is 3.03. The summed E-state index contributed by atoms with van der Waals surface area (Å²) in [5, 5.41) is 0. The van der Waals surface area contributed by atoms with Crippen LogP contribution in [-0.2, 0) is 18.3 Å². The molecule has 25 heavy (non-hydrogen) atoms. The van der Waals surface area contributed by atoms with E-state index in [9.17, 15) is 9.59 Å². The molecule has 1 saturated heterocycles. The van der Waals surface area contributed by atoms with Crippen LogP contribution >= 0.6 is 0 Å². The fourth-order valence-electron chi connectivity index (χ4n) is 3.36. The topological polar surface area (TPSA) is 61.3 Å². The van der Waals surface area contributed by atoms with Crippen molar-refractivity contribution in [2.75, 3.05) is 26.2 Å². The number of hydrogen-bond donors (Lipinski definition) is 1. The molecule has 6 heteroatoms. The zero-order valence-electron chi connectivity index (χ0n) is 15.2. The minimum atomic E-state index is 0.0693. The molecule has 0 radical (unpaired) electrons. The standard InChI is InChI=1S/C19H26N4O2/c1-14-12-17(15(2)21(14)3)19(25)23-9-5-8-22(10-11-23)18(24)13-16-6-4-7-20-16/h4,6-7,12,20H,5,8-11,13H2,1-3H3. The second-order valence-corrected chi connectivity index (χ2v) is 6.74. The number of nitrogens with one attached hydrogen (secondary N) is 1. The van der Waals surface area contributed by atoms with E-state index in [-0.39, 0.29) is 11.8 Å². The number of amides is 2. The van der Waals surface area contributed by atoms with Gasteiger partial charge >= 0.3 is 0 Å². The van der Waals surface area contributed by atoms with E-state index in [1.807, 2.05) is 59.7 Å². The molecule has 3 rings (SSSR count). The third kappa shape index (κ3) is 3.62. The lowest BCUT2D eigenvalue weighted by Gasteiger charge is -2.22. The number of nitrogens with zero attached hydrogens (tertiary/aromatic N) is 3. The van der Waals surface area contributed by atoms with Crippen LogP contribution in [0.25, 0.3) is 0 Å². The van der Waals surface area contributed by atoms with Crippen LogP contribution in [0.5, 0.6) is 0 Å². The van der Waals surface area contributed by atoms with Crippen molar-refractivity contribution in [1.29, 1.82) is 0 Å². The lowest BCUT2D eigenvalue weighted by molar-refractivity contribution is -0.130. The van der Waals surface area contributed by atoms with Gasteiger partial charge in [0.05, 0.1) is 12.0 Å². The number of H-pyrrole nitrogens is 1. The van der Waals surface area contributed by atoms with E-state index < -0.39 is 0 Å². The van der Waals surface area contributed by atoms with Gasteiger partial charge in [0.25, 0.3) is 5.91 Å². The molecular formula is C19H26N4O2. The van der Waals surface area contributed by atoms with Crippen LogP contribution in [-0.4, -0.2) is 57.3 Å². The van der Waals surface area contributed by atoms with Crippen LogP contribution in [0, 0.1) is 13.8 Å². The first-order valence-corrected chi connectivity index (χ1v) is 8.79. The molecule has 0 spiro atoms. The normalized spacial score (nSPS) is 15.3. The summed E-state index contributed by atoms with van der Waals surface area (Å²) >= 11 is 0. The van der Waals surface area contributed by atoms with Gasteiger partial charge in [-0.15, -0.1) is 0 Å². The van der Waals surface area contributed by atoms with Gasteiger partial charge in [0, 0.05) is 56.5 Å². The maximum absolute atomic E-state index is 12.9. The van der Waals surface area contributed by atoms with E-state index in [1.165, 1.54) is 0 Å². The molecule has 1 aliphatic rings. The molecule has 2 amide bonds. The highest BCUT2D eigenvalue weighted by molar-refractivity contribution is 5.95. The molecule has 2 aromatic rings. The van der Waals surface area contributed by atoms with Crippen LogP contribution in [0.1, 0.15) is 33.9 Å². The van der Waals surface area contributed by atoms with Gasteiger partial charge in [-0.25, -0.2) is 0 Å². The second-order valence-electron chi connectivity index (χ2n) is 6.74. The maximum Gasteiger partial charge on any atom is 0.255 e. The lowest BCUT2D eigenvalue weighted by Crippen LogP contribution is -2.38. The third-order valence-electron chi connectivity index (χ3n) is 5.15. The van der Waals surface area contributed by atoms with Crippen molar-refractivity contribution < 1.29 is 9.59 Å². The first-order chi connectivity index (χ1) is 12.0. The Morgan fingerprint density at radius 1 is 1.12 bits per heavy atom. The Kier molecular flexibility index (Phi) is 4.97. The Labute approximate surface area is 148 Å². The molecule has 1 aliphatic heterocycles. The maximum atomic E-state index is 12.9. The average molecular weight is 342 g/mol. The SMILES string of the molecule is Cc1cc(C(=O)N2CCCN(C(=O)Cc3ccc[nH]3)CC2)c(C)n1C. The van der Waals surface area contributed by atoms with E-state index >= 15 is 0 Å². The van der Waals surface area contributed by atoms with Crippen LogP contribution in [0.2, 0.25) is 0 Å². The summed E-state index contributed by atoms with van der Waals surface area (Å²) in [6.45, 7) is 6.56. The number of hydrogen-bond acceptors (Lipinski definition) is 2. The Bertz CT molecular complexity index is 761. The van der Waals surface area contributed by atoms with Crippen molar-refractivity contribution in [3.8, 4) is 0 Å². The smallest absolute Gasteiger partial charge is 0.255 e. The van der Waals surface area contributed by atoms with Gasteiger partial charge in [0.2, 0.25) is 5.91 Å². The predicted octanol–water partition coefficient (Wildman–Crippen LogP) is 1.89. The molecule has 1 fully saturated rings. The molecule has 1 N–H and O–H groups in total. The number of aryl methyl sites for hydroxylation is 1. The average Bonchev–Trinajstić information content (AvgIpc) is 3.09. The van der Waals surface area contributed by atoms with Gasteiger partial charge in [0.1, 0.15) is 0 Å². The molecule has 3 heterocycles. The molecule has 0 unspecified atom stereocenters. The summed E-state index contributed by atoms with van der Waals surface area (Å²) in [6, 6.07) is 5.78. The van der Waals surface area contributed by atoms with Crippen LogP contribution in [0.15, 0.2) is 24.4 Å². The van der Waals surface area contributed by atoms with Crippen molar-refractivity contribution in [1.82, 2.24) is 19.4 Å². The van der Waals surface area contributed by atoms with Crippen molar-refractivity contribution >= 4 is 11.8 Å². The zero-order valence-corrected chi connectivity index (χ0v) is 15.2. The molecule has 0 aromatic carbocycles. The van der Waals surface area contributed by atoms with E-state index in [0.29, 0.717) is 32.6 Å². The summed E-state index contributed by atoms with van der Waals surface area (Å²) in [5.74, 6) is 0.184. The van der Waals surface area contributed by atoms with Crippen LogP contribution in [0.4, 0.5) is 0 Å². The molecule has 0 bridgehead atoms. The highest BCUT2D eigenvalue weighted by Crippen LogP contribution is 2.17. The highest BCUT2D eigenvalue weighted by Gasteiger charge is 2.25. The third-order valence-corrected chi connectivity index (χ3v) is 5.15. The molecule has 2 aromatic heterocycles. The van der Waals surface area contributed by atoms with E-state index in [2.05, 4.69) is 4.98 Å². The number of carbonyl (C=O) groups excluding carboxylic acids is 2. The number of aromatic amines is 1. The second kappa shape index (κ2) is 7.17. The highest BCUT2D eigenvalue weighted by atomic mass is 16.2. The predicted molar refractivity (Wildman–Crippen MR) is 96.5 cm³/mol. The summed E-state index contributed by atoms with van der Waals surface area (Å²) in [7, 11) is 1.98. The Morgan fingerprint density at radius 2 is 1.84 bits per heavy atom. The Morgan fingerprint density at radius 3 is 2.48 bits per heavy atom. The van der Waals surface area contributed by atoms with Gasteiger partial charge in [0.15, 0.2) is 0 Å². The van der Waals surface area contributed by atoms with Crippen molar-refractivity contribution in [2.45, 2.75) is 26.7 Å². The fourth-order valence-corrected chi connectivity index (χ4v) is 3.36. The summed E-state index contributed by atoms with van der Waals surface area (Å²) in [5.41, 5.74) is 3.77. The Hall–Kier alpha value is -2.50. The van der Waals surface area contributed by atoms with Gasteiger partial charge < -0.3 is 19.4 Å². The number of carbonyl (C=O) groups is 2. The van der Waals surface area contributed by atoms with Gasteiger partial charge in [-0.05, 0) is 38.5 Å². The van der Waals surface area contributed by atoms with E-state index in [0.717, 1.165) is 29.1 Å². The van der Waals surface area contributed by atoms with E-state index in [4.69, 9.17) is 0 Å². The molecule has 6 nitrogen and oxygen atoms in total. The van der Waals surface area contributed by atoms with Gasteiger partial charge in [-0.1, -0.05) is 0 Å². The zero-order chi connectivity index (χ0) is 18.0. The molecular weight excluding hydrogens is 316 g/mol. The first kappa shape index (κ1) is 17.3. The molecule has 0 aliphatic carbocycles. The minimum Gasteiger partial charge on any atom is -0.365 e. The van der Waals surface area contributed by atoms with Gasteiger partial charge in [-0.3, -0.25) is 9.59 Å². The Balaban J connectivity index is 1.64. The number of rotatable bonds is 3. The summed E-state index contributed by atoms with van der Waals surface area (Å²) in [4.78, 5) is 32.2. The van der Waals surface area contributed by atoms with Crippen LogP contribution in [0.3, 0.4) is 0 Å². The van der Waals surface area contributed by atoms with Gasteiger partial charge in [-0.2, -0.15) is 0 Å². The van der Waals surface area contributed by atoms with Crippen LogP contribution < -0.4 is 0 Å². The molecule has 0 atom stereocenters. The van der Waals surface area contributed by atoms with Crippen molar-refractivity contribution in [3.05, 3.63) is 47.0 Å². The first-order valence-electron chi connectivity index (χ1n) is 8.79. The monoisotopic (exact) mass is 342 g/mol. The minimum absolute atomic E-state index is 0.0693. The van der Waals surface area contributed by atoms with E-state index in [1.54, 1.807) is 0 Å².